The molecule has 3 aromatic rings. The third kappa shape index (κ3) is 5.45. The van der Waals surface area contributed by atoms with Crippen molar-refractivity contribution in [3.8, 4) is 0 Å². The number of hydrogen-bond acceptors (Lipinski definition) is 4. The molecule has 4 rings (SSSR count). The van der Waals surface area contributed by atoms with Gasteiger partial charge < -0.3 is 20.9 Å². The molecule has 7 nitrogen and oxygen atoms in total. The molecule has 0 unspecified atom stereocenters. The van der Waals surface area contributed by atoms with Gasteiger partial charge >= 0.3 is 6.03 Å². The average molecular weight is 494 g/mol. The molecule has 32 heavy (non-hydrogen) atoms. The number of nitrogens with one attached hydrogen (secondary N) is 3. The second-order valence-corrected chi connectivity index (χ2v) is 8.38. The number of amides is 3. The minimum Gasteiger partial charge on any atom is -0.371 e. The van der Waals surface area contributed by atoms with E-state index >= 15 is 0 Å². The van der Waals surface area contributed by atoms with E-state index in [-0.39, 0.29) is 11.9 Å². The molecule has 1 aliphatic heterocycles. The van der Waals surface area contributed by atoms with Gasteiger partial charge in [-0.2, -0.15) is 0 Å². The first-order chi connectivity index (χ1) is 15.6. The number of anilines is 3. The SMILES string of the molecule is O=C(Nc1ccc(N2CCCC2)c(C(=O)NCc2cccnc2)c1)Nc1ccccc1Br. The molecule has 3 amide bonds. The van der Waals surface area contributed by atoms with E-state index in [4.69, 9.17) is 0 Å². The molecular formula is C24H24BrN5O2. The van der Waals surface area contributed by atoms with Crippen LogP contribution in [-0.4, -0.2) is 30.0 Å². The van der Waals surface area contributed by atoms with E-state index in [0.717, 1.165) is 41.7 Å². The number of nitrogens with zero attached hydrogens (tertiary/aromatic N) is 2. The van der Waals surface area contributed by atoms with Crippen LogP contribution in [0.5, 0.6) is 0 Å². The predicted molar refractivity (Wildman–Crippen MR) is 130 cm³/mol. The second kappa shape index (κ2) is 10.3. The fourth-order valence-electron chi connectivity index (χ4n) is 3.66. The largest absolute Gasteiger partial charge is 0.371 e. The number of pyridine rings is 1. The highest BCUT2D eigenvalue weighted by molar-refractivity contribution is 9.10. The van der Waals surface area contributed by atoms with E-state index in [1.165, 1.54) is 0 Å². The molecule has 3 N–H and O–H groups in total. The third-order valence-corrected chi connectivity index (χ3v) is 5.94. The summed E-state index contributed by atoms with van der Waals surface area (Å²) < 4.78 is 0.787. The maximum atomic E-state index is 13.1. The van der Waals surface area contributed by atoms with Crippen molar-refractivity contribution >= 4 is 44.9 Å². The van der Waals surface area contributed by atoms with Crippen molar-refractivity contribution in [2.45, 2.75) is 19.4 Å². The van der Waals surface area contributed by atoms with Crippen molar-refractivity contribution in [1.82, 2.24) is 10.3 Å². The molecular weight excluding hydrogens is 470 g/mol. The molecule has 1 saturated heterocycles. The Kier molecular flexibility index (Phi) is 7.01. The fraction of sp³-hybridized carbons (Fsp3) is 0.208. The predicted octanol–water partition coefficient (Wildman–Crippen LogP) is 5.02. The summed E-state index contributed by atoms with van der Waals surface area (Å²) in [5.74, 6) is -0.189. The Morgan fingerprint density at radius 3 is 2.56 bits per heavy atom. The van der Waals surface area contributed by atoms with Crippen LogP contribution in [0.4, 0.5) is 21.9 Å². The summed E-state index contributed by atoms with van der Waals surface area (Å²) >= 11 is 3.42. The van der Waals surface area contributed by atoms with Crippen LogP contribution < -0.4 is 20.9 Å². The zero-order valence-electron chi connectivity index (χ0n) is 17.5. The highest BCUT2D eigenvalue weighted by Crippen LogP contribution is 2.28. The lowest BCUT2D eigenvalue weighted by Gasteiger charge is -2.22. The minimum absolute atomic E-state index is 0.189. The van der Waals surface area contributed by atoms with Gasteiger partial charge in [0.05, 0.1) is 11.3 Å². The van der Waals surface area contributed by atoms with Crippen LogP contribution in [0.3, 0.4) is 0 Å². The number of benzene rings is 2. The van der Waals surface area contributed by atoms with Gasteiger partial charge in [0.1, 0.15) is 0 Å². The number of aromatic nitrogens is 1. The molecule has 0 atom stereocenters. The van der Waals surface area contributed by atoms with Crippen molar-refractivity contribution in [1.29, 1.82) is 0 Å². The van der Waals surface area contributed by atoms with Gasteiger partial charge in [0.2, 0.25) is 0 Å². The van der Waals surface area contributed by atoms with Gasteiger partial charge in [-0.25, -0.2) is 4.79 Å². The fourth-order valence-corrected chi connectivity index (χ4v) is 4.04. The smallest absolute Gasteiger partial charge is 0.323 e. The standard InChI is InChI=1S/C24H24BrN5O2/c25-20-7-1-2-8-21(20)29-24(32)28-18-9-10-22(30-12-3-4-13-30)19(14-18)23(31)27-16-17-6-5-11-26-15-17/h1-2,5-11,14-15H,3-4,12-13,16H2,(H,27,31)(H2,28,29,32). The van der Waals surface area contributed by atoms with Gasteiger partial charge in [0.25, 0.3) is 5.91 Å². The monoisotopic (exact) mass is 493 g/mol. The van der Waals surface area contributed by atoms with Crippen LogP contribution in [0.25, 0.3) is 0 Å². The Labute approximate surface area is 195 Å². The Bertz CT molecular complexity index is 1100. The van der Waals surface area contributed by atoms with Gasteiger partial charge in [-0.1, -0.05) is 18.2 Å². The average Bonchev–Trinajstić information content (AvgIpc) is 3.34. The molecule has 2 heterocycles. The van der Waals surface area contributed by atoms with Gasteiger partial charge in [-0.15, -0.1) is 0 Å². The molecule has 0 radical (unpaired) electrons. The minimum atomic E-state index is -0.382. The van der Waals surface area contributed by atoms with E-state index in [9.17, 15) is 9.59 Å². The lowest BCUT2D eigenvalue weighted by molar-refractivity contribution is 0.0951. The number of halogens is 1. The van der Waals surface area contributed by atoms with Crippen molar-refractivity contribution in [3.05, 3.63) is 82.6 Å². The van der Waals surface area contributed by atoms with Crippen molar-refractivity contribution in [3.63, 3.8) is 0 Å². The first-order valence-electron chi connectivity index (χ1n) is 10.5. The van der Waals surface area contributed by atoms with E-state index in [1.54, 1.807) is 24.5 Å². The Hall–Kier alpha value is -3.39. The highest BCUT2D eigenvalue weighted by atomic mass is 79.9. The van der Waals surface area contributed by atoms with Crippen molar-refractivity contribution < 1.29 is 9.59 Å². The third-order valence-electron chi connectivity index (χ3n) is 5.24. The molecule has 0 spiro atoms. The summed E-state index contributed by atoms with van der Waals surface area (Å²) in [6.07, 6.45) is 5.63. The van der Waals surface area contributed by atoms with E-state index in [2.05, 4.69) is 41.8 Å². The van der Waals surface area contributed by atoms with Crippen molar-refractivity contribution in [2.75, 3.05) is 28.6 Å². The van der Waals surface area contributed by atoms with E-state index in [1.807, 2.05) is 42.5 Å². The quantitative estimate of drug-likeness (QED) is 0.449. The number of hydrogen-bond donors (Lipinski definition) is 3. The number of rotatable bonds is 6. The van der Waals surface area contributed by atoms with Crippen molar-refractivity contribution in [2.24, 2.45) is 0 Å². The normalized spacial score (nSPS) is 13.0. The molecule has 8 heteroatoms. The summed E-state index contributed by atoms with van der Waals surface area (Å²) in [6.45, 7) is 2.21. The summed E-state index contributed by atoms with van der Waals surface area (Å²) in [7, 11) is 0. The first kappa shape index (κ1) is 21.8. The number of para-hydroxylation sites is 1. The van der Waals surface area contributed by atoms with Crippen LogP contribution in [0.2, 0.25) is 0 Å². The second-order valence-electron chi connectivity index (χ2n) is 7.53. The summed E-state index contributed by atoms with van der Waals surface area (Å²) in [5.41, 5.74) is 3.54. The number of carbonyl (C=O) groups excluding carboxylic acids is 2. The maximum absolute atomic E-state index is 13.1. The number of urea groups is 1. The molecule has 2 aromatic carbocycles. The van der Waals surface area contributed by atoms with Crippen LogP contribution in [-0.2, 0) is 6.54 Å². The summed E-state index contributed by atoms with van der Waals surface area (Å²) in [4.78, 5) is 31.9. The van der Waals surface area contributed by atoms with Crippen LogP contribution in [0.15, 0.2) is 71.5 Å². The molecule has 0 aliphatic carbocycles. The summed E-state index contributed by atoms with van der Waals surface area (Å²) in [5, 5.41) is 8.60. The Morgan fingerprint density at radius 1 is 1.00 bits per heavy atom. The Morgan fingerprint density at radius 2 is 1.81 bits per heavy atom. The van der Waals surface area contributed by atoms with Gasteiger partial charge in [0, 0.05) is 47.9 Å². The van der Waals surface area contributed by atoms with Crippen LogP contribution in [0, 0.1) is 0 Å². The molecule has 1 aliphatic rings. The zero-order valence-corrected chi connectivity index (χ0v) is 19.1. The van der Waals surface area contributed by atoms with Crippen LogP contribution >= 0.6 is 15.9 Å². The maximum Gasteiger partial charge on any atom is 0.323 e. The van der Waals surface area contributed by atoms with Gasteiger partial charge in [-0.05, 0) is 70.7 Å². The zero-order chi connectivity index (χ0) is 22.3. The first-order valence-corrected chi connectivity index (χ1v) is 11.3. The van der Waals surface area contributed by atoms with Crippen LogP contribution in [0.1, 0.15) is 28.8 Å². The molecule has 1 fully saturated rings. The molecule has 1 aromatic heterocycles. The molecule has 164 valence electrons. The lowest BCUT2D eigenvalue weighted by atomic mass is 10.1. The van der Waals surface area contributed by atoms with Gasteiger partial charge in [-0.3, -0.25) is 9.78 Å². The molecule has 0 saturated carbocycles. The van der Waals surface area contributed by atoms with E-state index < -0.39 is 0 Å². The highest BCUT2D eigenvalue weighted by Gasteiger charge is 2.20. The lowest BCUT2D eigenvalue weighted by Crippen LogP contribution is -2.27. The van der Waals surface area contributed by atoms with Gasteiger partial charge in [0.15, 0.2) is 0 Å². The summed E-state index contributed by atoms with van der Waals surface area (Å²) in [6, 6.07) is 16.2. The topological polar surface area (TPSA) is 86.4 Å². The number of carbonyl (C=O) groups is 2. The molecule has 0 bridgehead atoms. The van der Waals surface area contributed by atoms with E-state index in [0.29, 0.717) is 23.5 Å². The Balaban J connectivity index is 1.51.